The van der Waals surface area contributed by atoms with Gasteiger partial charge in [-0.1, -0.05) is 29.3 Å². The van der Waals surface area contributed by atoms with Gasteiger partial charge in [0, 0.05) is 22.7 Å². The van der Waals surface area contributed by atoms with Gasteiger partial charge in [-0.3, -0.25) is 14.9 Å². The molecule has 20 heavy (non-hydrogen) atoms. The van der Waals surface area contributed by atoms with Crippen LogP contribution in [0.25, 0.3) is 0 Å². The number of nitrogens with zero attached hydrogens (tertiary/aromatic N) is 1. The summed E-state index contributed by atoms with van der Waals surface area (Å²) in [5.41, 5.74) is 0.401. The maximum absolute atomic E-state index is 12.0. The number of anilines is 1. The van der Waals surface area contributed by atoms with Gasteiger partial charge in [0.25, 0.3) is 11.6 Å². The van der Waals surface area contributed by atoms with Crippen LogP contribution in [0.15, 0.2) is 42.5 Å². The molecule has 0 heterocycles. The van der Waals surface area contributed by atoms with Crippen molar-refractivity contribution in [1.29, 1.82) is 0 Å². The van der Waals surface area contributed by atoms with Gasteiger partial charge < -0.3 is 5.32 Å². The molecule has 2 aromatic rings. The molecule has 0 bridgehead atoms. The largest absolute Gasteiger partial charge is 0.321 e. The van der Waals surface area contributed by atoms with Crippen molar-refractivity contribution in [2.24, 2.45) is 0 Å². The third-order valence-corrected chi connectivity index (χ3v) is 3.05. The number of carbonyl (C=O) groups excluding carboxylic acids is 1. The van der Waals surface area contributed by atoms with E-state index in [2.05, 4.69) is 5.32 Å². The number of hydrogen-bond donors (Lipinski definition) is 1. The molecule has 5 nitrogen and oxygen atoms in total. The summed E-state index contributed by atoms with van der Waals surface area (Å²) in [6, 6.07) is 10.1. The molecule has 0 aliphatic heterocycles. The van der Waals surface area contributed by atoms with Crippen LogP contribution in [-0.4, -0.2) is 10.8 Å². The van der Waals surface area contributed by atoms with E-state index < -0.39 is 10.8 Å². The van der Waals surface area contributed by atoms with Crippen molar-refractivity contribution in [1.82, 2.24) is 0 Å². The van der Waals surface area contributed by atoms with Gasteiger partial charge in [0.2, 0.25) is 0 Å². The second-order valence-electron chi connectivity index (χ2n) is 3.89. The zero-order valence-electron chi connectivity index (χ0n) is 9.97. The van der Waals surface area contributed by atoms with Crippen molar-refractivity contribution in [2.75, 3.05) is 5.32 Å². The Hall–Kier alpha value is -2.11. The fraction of sp³-hybridized carbons (Fsp3) is 0. The summed E-state index contributed by atoms with van der Waals surface area (Å²) in [5, 5.41) is 14.0. The zero-order valence-corrected chi connectivity index (χ0v) is 11.5. The van der Waals surface area contributed by atoms with E-state index in [1.165, 1.54) is 30.3 Å². The van der Waals surface area contributed by atoms with Crippen molar-refractivity contribution in [3.63, 3.8) is 0 Å². The van der Waals surface area contributed by atoms with E-state index in [0.29, 0.717) is 10.7 Å². The highest BCUT2D eigenvalue weighted by atomic mass is 35.5. The molecule has 0 radical (unpaired) electrons. The minimum atomic E-state index is -0.563. The Morgan fingerprint density at radius 1 is 1.15 bits per heavy atom. The lowest BCUT2D eigenvalue weighted by Gasteiger charge is -2.07. The van der Waals surface area contributed by atoms with Gasteiger partial charge in [-0.15, -0.1) is 0 Å². The van der Waals surface area contributed by atoms with Crippen LogP contribution in [0.5, 0.6) is 0 Å². The lowest BCUT2D eigenvalue weighted by molar-refractivity contribution is -0.384. The van der Waals surface area contributed by atoms with E-state index in [-0.39, 0.29) is 16.3 Å². The number of hydrogen-bond acceptors (Lipinski definition) is 3. The van der Waals surface area contributed by atoms with Crippen LogP contribution >= 0.6 is 23.2 Å². The van der Waals surface area contributed by atoms with Gasteiger partial charge in [-0.05, 0) is 24.3 Å². The van der Waals surface area contributed by atoms with E-state index in [1.54, 1.807) is 12.1 Å². The second-order valence-corrected chi connectivity index (χ2v) is 4.73. The number of carbonyl (C=O) groups is 1. The molecule has 2 rings (SSSR count). The first-order valence-electron chi connectivity index (χ1n) is 5.48. The smallest absolute Gasteiger partial charge is 0.270 e. The molecule has 0 fully saturated rings. The van der Waals surface area contributed by atoms with Crippen LogP contribution < -0.4 is 5.32 Å². The van der Waals surface area contributed by atoms with Crippen molar-refractivity contribution >= 4 is 40.5 Å². The summed E-state index contributed by atoms with van der Waals surface area (Å²) in [6.07, 6.45) is 0. The molecule has 0 aliphatic rings. The molecule has 2 aromatic carbocycles. The Labute approximate surface area is 124 Å². The topological polar surface area (TPSA) is 72.2 Å². The third kappa shape index (κ3) is 3.26. The van der Waals surface area contributed by atoms with Gasteiger partial charge in [0.1, 0.15) is 0 Å². The number of amides is 1. The van der Waals surface area contributed by atoms with Crippen molar-refractivity contribution in [3.05, 3.63) is 68.2 Å². The lowest BCUT2D eigenvalue weighted by atomic mass is 10.2. The number of halogens is 2. The summed E-state index contributed by atoms with van der Waals surface area (Å²) in [4.78, 5) is 22.1. The Bertz CT molecular complexity index is 689. The van der Waals surface area contributed by atoms with E-state index in [9.17, 15) is 14.9 Å². The van der Waals surface area contributed by atoms with Crippen molar-refractivity contribution in [2.45, 2.75) is 0 Å². The van der Waals surface area contributed by atoms with Gasteiger partial charge >= 0.3 is 0 Å². The third-order valence-electron chi connectivity index (χ3n) is 2.50. The zero-order chi connectivity index (χ0) is 14.7. The summed E-state index contributed by atoms with van der Waals surface area (Å²) < 4.78 is 0. The molecule has 0 unspecified atom stereocenters. The van der Waals surface area contributed by atoms with Crippen LogP contribution in [0.3, 0.4) is 0 Å². The van der Waals surface area contributed by atoms with Crippen LogP contribution in [0.1, 0.15) is 10.4 Å². The predicted octanol–water partition coefficient (Wildman–Crippen LogP) is 4.15. The van der Waals surface area contributed by atoms with Crippen molar-refractivity contribution in [3.8, 4) is 0 Å². The predicted molar refractivity (Wildman–Crippen MR) is 77.5 cm³/mol. The first-order valence-corrected chi connectivity index (χ1v) is 6.24. The molecular weight excluding hydrogens is 303 g/mol. The molecule has 1 N–H and O–H groups in total. The second kappa shape index (κ2) is 5.90. The van der Waals surface area contributed by atoms with Crippen LogP contribution in [0, 0.1) is 10.1 Å². The summed E-state index contributed by atoms with van der Waals surface area (Å²) >= 11 is 11.7. The monoisotopic (exact) mass is 310 g/mol. The highest BCUT2D eigenvalue weighted by molar-refractivity contribution is 6.36. The molecule has 1 amide bonds. The first-order chi connectivity index (χ1) is 9.47. The number of rotatable bonds is 3. The molecule has 0 aliphatic carbocycles. The quantitative estimate of drug-likeness (QED) is 0.683. The number of nitro benzene ring substituents is 1. The number of nitro groups is 1. The Morgan fingerprint density at radius 2 is 1.90 bits per heavy atom. The molecule has 0 spiro atoms. The number of non-ortho nitro benzene ring substituents is 1. The summed E-state index contributed by atoms with van der Waals surface area (Å²) in [7, 11) is 0. The standard InChI is InChI=1S/C13H8Cl2N2O3/c14-9-4-5-12(11(15)7-9)16-13(18)8-2-1-3-10(6-8)17(19)20/h1-7H,(H,16,18). The minimum absolute atomic E-state index is 0.153. The molecule has 0 saturated carbocycles. The first kappa shape index (κ1) is 14.3. The Balaban J connectivity index is 2.24. The fourth-order valence-electron chi connectivity index (χ4n) is 1.55. The van der Waals surface area contributed by atoms with Gasteiger partial charge in [0.05, 0.1) is 15.6 Å². The Morgan fingerprint density at radius 3 is 2.55 bits per heavy atom. The maximum Gasteiger partial charge on any atom is 0.270 e. The number of nitrogens with one attached hydrogen (secondary N) is 1. The molecule has 0 atom stereocenters. The van der Waals surface area contributed by atoms with E-state index in [0.717, 1.165) is 0 Å². The average Bonchev–Trinajstić information content (AvgIpc) is 2.42. The fourth-order valence-corrected chi connectivity index (χ4v) is 2.00. The molecule has 0 aromatic heterocycles. The SMILES string of the molecule is O=C(Nc1ccc(Cl)cc1Cl)c1cccc([N+](=O)[O-])c1. The van der Waals surface area contributed by atoms with Crippen LogP contribution in [0.2, 0.25) is 10.0 Å². The van der Waals surface area contributed by atoms with Gasteiger partial charge in [-0.25, -0.2) is 0 Å². The number of benzene rings is 2. The van der Waals surface area contributed by atoms with E-state index >= 15 is 0 Å². The Kier molecular flexibility index (Phi) is 4.22. The van der Waals surface area contributed by atoms with Crippen molar-refractivity contribution < 1.29 is 9.72 Å². The molecular formula is C13H8Cl2N2O3. The summed E-state index contributed by atoms with van der Waals surface area (Å²) in [6.45, 7) is 0. The molecule has 0 saturated heterocycles. The normalized spacial score (nSPS) is 10.1. The highest BCUT2D eigenvalue weighted by Crippen LogP contribution is 2.26. The van der Waals surface area contributed by atoms with Gasteiger partial charge in [-0.2, -0.15) is 0 Å². The maximum atomic E-state index is 12.0. The lowest BCUT2D eigenvalue weighted by Crippen LogP contribution is -2.12. The van der Waals surface area contributed by atoms with E-state index in [1.807, 2.05) is 0 Å². The highest BCUT2D eigenvalue weighted by Gasteiger charge is 2.12. The minimum Gasteiger partial charge on any atom is -0.321 e. The average molecular weight is 311 g/mol. The van der Waals surface area contributed by atoms with E-state index in [4.69, 9.17) is 23.2 Å². The molecule has 102 valence electrons. The van der Waals surface area contributed by atoms with Crippen LogP contribution in [-0.2, 0) is 0 Å². The van der Waals surface area contributed by atoms with Gasteiger partial charge in [0.15, 0.2) is 0 Å². The summed E-state index contributed by atoms with van der Waals surface area (Å²) in [5.74, 6) is -0.488. The van der Waals surface area contributed by atoms with Crippen LogP contribution in [0.4, 0.5) is 11.4 Å². The molecule has 7 heteroatoms.